The van der Waals surface area contributed by atoms with Gasteiger partial charge in [0.2, 0.25) is 0 Å². The van der Waals surface area contributed by atoms with Gasteiger partial charge in [0.25, 0.3) is 0 Å². The molecule has 0 aliphatic heterocycles. The molecule has 0 atom stereocenters. The number of nitriles is 1. The van der Waals surface area contributed by atoms with E-state index >= 15 is 0 Å². The van der Waals surface area contributed by atoms with Gasteiger partial charge >= 0.3 is 5.97 Å². The van der Waals surface area contributed by atoms with Crippen LogP contribution < -0.4 is 0 Å². The number of aryl methyl sites for hydroxylation is 1. The fourth-order valence-electron chi connectivity index (χ4n) is 1.69. The van der Waals surface area contributed by atoms with E-state index in [1.807, 2.05) is 13.8 Å². The van der Waals surface area contributed by atoms with Gasteiger partial charge in [-0.25, -0.2) is 4.79 Å². The molecule has 1 aromatic carbocycles. The average molecular weight is 217 g/mol. The molecule has 0 aromatic heterocycles. The first-order valence-electron chi connectivity index (χ1n) is 5.35. The SMILES string of the molecule is CCOC(=O)c1ccc(C)c(C#N)c1CC. The van der Waals surface area contributed by atoms with Crippen molar-refractivity contribution in [3.8, 4) is 6.07 Å². The molecule has 0 saturated heterocycles. The molecule has 0 amide bonds. The van der Waals surface area contributed by atoms with Crippen LogP contribution in [0.15, 0.2) is 12.1 Å². The molecule has 0 unspecified atom stereocenters. The Morgan fingerprint density at radius 1 is 1.44 bits per heavy atom. The first kappa shape index (κ1) is 12.3. The van der Waals surface area contributed by atoms with Crippen molar-refractivity contribution in [1.82, 2.24) is 0 Å². The molecule has 0 aliphatic carbocycles. The summed E-state index contributed by atoms with van der Waals surface area (Å²) in [7, 11) is 0. The number of carbonyl (C=O) groups excluding carboxylic acids is 1. The lowest BCUT2D eigenvalue weighted by Gasteiger charge is -2.10. The summed E-state index contributed by atoms with van der Waals surface area (Å²) >= 11 is 0. The Labute approximate surface area is 95.7 Å². The molecule has 0 bridgehead atoms. The van der Waals surface area contributed by atoms with Gasteiger partial charge in [-0.3, -0.25) is 0 Å². The van der Waals surface area contributed by atoms with Crippen molar-refractivity contribution in [3.05, 3.63) is 34.4 Å². The third kappa shape index (κ3) is 2.22. The topological polar surface area (TPSA) is 50.1 Å². The minimum Gasteiger partial charge on any atom is -0.462 e. The molecule has 0 N–H and O–H groups in total. The van der Waals surface area contributed by atoms with Crippen LogP contribution in [-0.2, 0) is 11.2 Å². The van der Waals surface area contributed by atoms with Crippen LogP contribution >= 0.6 is 0 Å². The van der Waals surface area contributed by atoms with E-state index in [2.05, 4.69) is 6.07 Å². The fourth-order valence-corrected chi connectivity index (χ4v) is 1.69. The van der Waals surface area contributed by atoms with E-state index in [9.17, 15) is 4.79 Å². The highest BCUT2D eigenvalue weighted by molar-refractivity contribution is 5.92. The van der Waals surface area contributed by atoms with Gasteiger partial charge in [-0.05, 0) is 37.5 Å². The van der Waals surface area contributed by atoms with Gasteiger partial charge in [0.15, 0.2) is 0 Å². The maximum absolute atomic E-state index is 11.7. The molecule has 3 heteroatoms. The van der Waals surface area contributed by atoms with Crippen molar-refractivity contribution < 1.29 is 9.53 Å². The van der Waals surface area contributed by atoms with E-state index < -0.39 is 0 Å². The van der Waals surface area contributed by atoms with E-state index in [0.717, 1.165) is 11.1 Å². The van der Waals surface area contributed by atoms with Crippen LogP contribution in [0.3, 0.4) is 0 Å². The van der Waals surface area contributed by atoms with E-state index in [1.54, 1.807) is 19.1 Å². The number of hydrogen-bond donors (Lipinski definition) is 0. The van der Waals surface area contributed by atoms with Crippen molar-refractivity contribution in [3.63, 3.8) is 0 Å². The molecule has 16 heavy (non-hydrogen) atoms. The van der Waals surface area contributed by atoms with Crippen molar-refractivity contribution >= 4 is 5.97 Å². The van der Waals surface area contributed by atoms with Crippen LogP contribution in [0, 0.1) is 18.3 Å². The van der Waals surface area contributed by atoms with Gasteiger partial charge in [-0.2, -0.15) is 5.26 Å². The maximum atomic E-state index is 11.7. The van der Waals surface area contributed by atoms with Crippen molar-refractivity contribution in [2.75, 3.05) is 6.61 Å². The highest BCUT2D eigenvalue weighted by atomic mass is 16.5. The van der Waals surface area contributed by atoms with Crippen molar-refractivity contribution in [1.29, 1.82) is 5.26 Å². The zero-order chi connectivity index (χ0) is 12.1. The molecule has 1 aromatic rings. The van der Waals surface area contributed by atoms with E-state index in [-0.39, 0.29) is 5.97 Å². The summed E-state index contributed by atoms with van der Waals surface area (Å²) in [4.78, 5) is 11.7. The third-order valence-electron chi connectivity index (χ3n) is 2.48. The highest BCUT2D eigenvalue weighted by Crippen LogP contribution is 2.19. The Morgan fingerprint density at radius 3 is 2.62 bits per heavy atom. The summed E-state index contributed by atoms with van der Waals surface area (Å²) in [6.45, 7) is 5.91. The number of hydrogen-bond acceptors (Lipinski definition) is 3. The Kier molecular flexibility index (Phi) is 4.07. The Bertz CT molecular complexity index is 444. The molecule has 0 radical (unpaired) electrons. The maximum Gasteiger partial charge on any atom is 0.338 e. The predicted molar refractivity (Wildman–Crippen MR) is 61.2 cm³/mol. The van der Waals surface area contributed by atoms with E-state index in [1.165, 1.54) is 0 Å². The summed E-state index contributed by atoms with van der Waals surface area (Å²) in [6, 6.07) is 5.66. The molecule has 0 saturated carbocycles. The number of rotatable bonds is 3. The zero-order valence-electron chi connectivity index (χ0n) is 9.83. The van der Waals surface area contributed by atoms with Crippen LogP contribution in [0.5, 0.6) is 0 Å². The molecule has 0 fully saturated rings. The molecule has 0 aliphatic rings. The molecule has 1 rings (SSSR count). The second-order valence-corrected chi connectivity index (χ2v) is 3.47. The normalized spacial score (nSPS) is 9.62. The Balaban J connectivity index is 3.31. The lowest BCUT2D eigenvalue weighted by Crippen LogP contribution is -2.10. The second-order valence-electron chi connectivity index (χ2n) is 3.47. The summed E-state index contributed by atoms with van der Waals surface area (Å²) < 4.78 is 4.96. The lowest BCUT2D eigenvalue weighted by molar-refractivity contribution is 0.0525. The number of esters is 1. The number of nitrogens with zero attached hydrogens (tertiary/aromatic N) is 1. The monoisotopic (exact) mass is 217 g/mol. The number of benzene rings is 1. The average Bonchev–Trinajstić information content (AvgIpc) is 2.28. The minimum atomic E-state index is -0.351. The second kappa shape index (κ2) is 5.32. The Hall–Kier alpha value is -1.82. The van der Waals surface area contributed by atoms with Gasteiger partial charge in [0.05, 0.1) is 23.8 Å². The van der Waals surface area contributed by atoms with Gasteiger partial charge in [-0.15, -0.1) is 0 Å². The van der Waals surface area contributed by atoms with E-state index in [0.29, 0.717) is 24.2 Å². The standard InChI is InChI=1S/C13H15NO2/c1-4-10-11(13(15)16-5-2)7-6-9(3)12(10)8-14/h6-7H,4-5H2,1-3H3. The predicted octanol–water partition coefficient (Wildman–Crippen LogP) is 2.61. The summed E-state index contributed by atoms with van der Waals surface area (Å²) in [6.07, 6.45) is 0.652. The molecule has 0 spiro atoms. The van der Waals surface area contributed by atoms with E-state index in [4.69, 9.17) is 10.00 Å². The summed E-state index contributed by atoms with van der Waals surface area (Å²) in [5.74, 6) is -0.351. The van der Waals surface area contributed by atoms with Crippen molar-refractivity contribution in [2.24, 2.45) is 0 Å². The van der Waals surface area contributed by atoms with Gasteiger partial charge in [-0.1, -0.05) is 13.0 Å². The number of carbonyl (C=O) groups is 1. The minimum absolute atomic E-state index is 0.345. The first-order chi connectivity index (χ1) is 7.65. The van der Waals surface area contributed by atoms with Crippen LogP contribution in [0.25, 0.3) is 0 Å². The van der Waals surface area contributed by atoms with Gasteiger partial charge < -0.3 is 4.74 Å². The quantitative estimate of drug-likeness (QED) is 0.731. The molecule has 0 heterocycles. The summed E-state index contributed by atoms with van der Waals surface area (Å²) in [5, 5.41) is 9.06. The largest absolute Gasteiger partial charge is 0.462 e. The Morgan fingerprint density at radius 2 is 2.12 bits per heavy atom. The molecular weight excluding hydrogens is 202 g/mol. The first-order valence-corrected chi connectivity index (χ1v) is 5.35. The van der Waals surface area contributed by atoms with Gasteiger partial charge in [0, 0.05) is 0 Å². The van der Waals surface area contributed by atoms with Crippen LogP contribution in [-0.4, -0.2) is 12.6 Å². The summed E-state index contributed by atoms with van der Waals surface area (Å²) in [5.41, 5.74) is 2.77. The smallest absolute Gasteiger partial charge is 0.338 e. The van der Waals surface area contributed by atoms with Gasteiger partial charge in [0.1, 0.15) is 0 Å². The lowest BCUT2D eigenvalue weighted by atomic mass is 9.95. The zero-order valence-corrected chi connectivity index (χ0v) is 9.83. The molecule has 84 valence electrons. The molecular formula is C13H15NO2. The van der Waals surface area contributed by atoms with Crippen molar-refractivity contribution in [2.45, 2.75) is 27.2 Å². The van der Waals surface area contributed by atoms with Crippen LogP contribution in [0.1, 0.15) is 40.9 Å². The fraction of sp³-hybridized carbons (Fsp3) is 0.385. The molecule has 3 nitrogen and oxygen atoms in total. The highest BCUT2D eigenvalue weighted by Gasteiger charge is 2.15. The number of ether oxygens (including phenoxy) is 1. The third-order valence-corrected chi connectivity index (χ3v) is 2.48. The van der Waals surface area contributed by atoms with Crippen LogP contribution in [0.4, 0.5) is 0 Å². The van der Waals surface area contributed by atoms with Crippen LogP contribution in [0.2, 0.25) is 0 Å².